The van der Waals surface area contributed by atoms with Crippen molar-refractivity contribution in [2.75, 3.05) is 20.8 Å². The van der Waals surface area contributed by atoms with Crippen LogP contribution in [0, 0.1) is 20.8 Å². The van der Waals surface area contributed by atoms with E-state index in [1.165, 1.54) is 5.56 Å². The van der Waals surface area contributed by atoms with Gasteiger partial charge in [0.25, 0.3) is 5.91 Å². The van der Waals surface area contributed by atoms with E-state index < -0.39 is 0 Å². The first-order valence-corrected chi connectivity index (χ1v) is 6.18. The molecule has 19 heavy (non-hydrogen) atoms. The fourth-order valence-corrected chi connectivity index (χ4v) is 1.98. The maximum absolute atomic E-state index is 11.3. The lowest BCUT2D eigenvalue weighted by molar-refractivity contribution is -0.126. The number of amides is 1. The van der Waals surface area contributed by atoms with Gasteiger partial charge in [0, 0.05) is 12.6 Å². The summed E-state index contributed by atoms with van der Waals surface area (Å²) in [5.41, 5.74) is 9.40. The third-order valence-corrected chi connectivity index (χ3v) is 3.06. The second kappa shape index (κ2) is 7.11. The lowest BCUT2D eigenvalue weighted by Crippen LogP contribution is -2.36. The minimum absolute atomic E-state index is 0.0103. The Bertz CT molecular complexity index is 458. The highest BCUT2D eigenvalue weighted by atomic mass is 16.5. The molecule has 1 aromatic carbocycles. The van der Waals surface area contributed by atoms with Crippen molar-refractivity contribution in [3.05, 3.63) is 28.3 Å². The zero-order valence-corrected chi connectivity index (χ0v) is 12.2. The number of methoxy groups -OCH3 is 1. The number of carbonyl (C=O) groups is 1. The number of benzene rings is 1. The van der Waals surface area contributed by atoms with Gasteiger partial charge in [-0.05, 0) is 37.5 Å². The molecule has 5 nitrogen and oxygen atoms in total. The molecule has 0 atom stereocenters. The fraction of sp³-hybridized carbons (Fsp3) is 0.500. The van der Waals surface area contributed by atoms with E-state index in [2.05, 4.69) is 23.8 Å². The van der Waals surface area contributed by atoms with E-state index in [1.54, 1.807) is 14.2 Å². The Morgan fingerprint density at radius 3 is 2.53 bits per heavy atom. The second-order valence-electron chi connectivity index (χ2n) is 4.44. The van der Waals surface area contributed by atoms with Gasteiger partial charge in [0.15, 0.2) is 0 Å². The smallest absolute Gasteiger partial charge is 0.260 e. The number of hydrogen-bond acceptors (Lipinski definition) is 4. The van der Waals surface area contributed by atoms with Crippen LogP contribution < -0.4 is 15.6 Å². The molecule has 0 heterocycles. The van der Waals surface area contributed by atoms with Crippen molar-refractivity contribution in [3.63, 3.8) is 0 Å². The Hall–Kier alpha value is -1.59. The van der Waals surface area contributed by atoms with E-state index in [0.29, 0.717) is 6.61 Å². The molecule has 106 valence electrons. The average molecular weight is 266 g/mol. The van der Waals surface area contributed by atoms with Crippen molar-refractivity contribution >= 4 is 5.91 Å². The van der Waals surface area contributed by atoms with Crippen molar-refractivity contribution in [1.29, 1.82) is 0 Å². The monoisotopic (exact) mass is 266 g/mol. The third-order valence-electron chi connectivity index (χ3n) is 3.06. The molecule has 0 aromatic heterocycles. The number of ether oxygens (including phenoxy) is 2. The van der Waals surface area contributed by atoms with Crippen molar-refractivity contribution in [2.24, 2.45) is 0 Å². The molecule has 0 spiro atoms. The molecule has 0 radical (unpaired) electrons. The second-order valence-corrected chi connectivity index (χ2v) is 4.44. The average Bonchev–Trinajstić information content (AvgIpc) is 2.36. The molecular weight excluding hydrogens is 244 g/mol. The van der Waals surface area contributed by atoms with Gasteiger partial charge in [-0.2, -0.15) is 0 Å². The molecule has 0 unspecified atom stereocenters. The van der Waals surface area contributed by atoms with Crippen molar-refractivity contribution in [3.8, 4) is 5.75 Å². The first kappa shape index (κ1) is 15.5. The van der Waals surface area contributed by atoms with Crippen LogP contribution in [-0.2, 0) is 16.1 Å². The van der Waals surface area contributed by atoms with Gasteiger partial charge in [0.1, 0.15) is 12.4 Å². The Balaban J connectivity index is 2.78. The minimum Gasteiger partial charge on any atom is -0.496 e. The molecule has 0 saturated carbocycles. The van der Waals surface area contributed by atoms with E-state index >= 15 is 0 Å². The van der Waals surface area contributed by atoms with Gasteiger partial charge in [-0.1, -0.05) is 6.07 Å². The molecular formula is C14H22N2O3. The molecule has 1 rings (SSSR count). The summed E-state index contributed by atoms with van der Waals surface area (Å²) in [5, 5.41) is 0. The van der Waals surface area contributed by atoms with Crippen LogP contribution in [0.1, 0.15) is 22.3 Å². The van der Waals surface area contributed by atoms with Gasteiger partial charge < -0.3 is 9.47 Å². The predicted octanol–water partition coefficient (Wildman–Crippen LogP) is 1.39. The molecule has 5 heteroatoms. The molecule has 0 aliphatic rings. The Kier molecular flexibility index (Phi) is 5.79. The molecule has 0 aliphatic heterocycles. The maximum Gasteiger partial charge on any atom is 0.260 e. The van der Waals surface area contributed by atoms with Crippen LogP contribution in [0.2, 0.25) is 0 Å². The summed E-state index contributed by atoms with van der Waals surface area (Å²) in [6, 6.07) is 2.10. The maximum atomic E-state index is 11.3. The molecule has 1 aromatic rings. The van der Waals surface area contributed by atoms with Crippen LogP contribution >= 0.6 is 0 Å². The summed E-state index contributed by atoms with van der Waals surface area (Å²) in [7, 11) is 3.28. The lowest BCUT2D eigenvalue weighted by Gasteiger charge is -2.16. The molecule has 1 amide bonds. The number of rotatable bonds is 6. The Labute approximate surface area is 114 Å². The van der Waals surface area contributed by atoms with E-state index in [1.807, 2.05) is 13.8 Å². The van der Waals surface area contributed by atoms with E-state index in [0.717, 1.165) is 22.4 Å². The van der Waals surface area contributed by atoms with Gasteiger partial charge in [-0.3, -0.25) is 10.2 Å². The molecule has 0 bridgehead atoms. The number of carbonyl (C=O) groups excluding carboxylic acids is 1. The highest BCUT2D eigenvalue weighted by Crippen LogP contribution is 2.29. The van der Waals surface area contributed by atoms with Crippen LogP contribution in [-0.4, -0.2) is 26.7 Å². The highest BCUT2D eigenvalue weighted by Gasteiger charge is 2.13. The summed E-state index contributed by atoms with van der Waals surface area (Å²) >= 11 is 0. The van der Waals surface area contributed by atoms with E-state index in [-0.39, 0.29) is 12.5 Å². The van der Waals surface area contributed by atoms with Crippen LogP contribution in [0.3, 0.4) is 0 Å². The fourth-order valence-electron chi connectivity index (χ4n) is 1.98. The summed E-state index contributed by atoms with van der Waals surface area (Å²) < 4.78 is 10.9. The largest absolute Gasteiger partial charge is 0.496 e. The number of nitrogens with one attached hydrogen (secondary N) is 2. The minimum atomic E-state index is -0.206. The van der Waals surface area contributed by atoms with Crippen LogP contribution in [0.5, 0.6) is 5.75 Å². The van der Waals surface area contributed by atoms with Crippen molar-refractivity contribution in [2.45, 2.75) is 27.4 Å². The summed E-state index contributed by atoms with van der Waals surface area (Å²) in [4.78, 5) is 11.3. The molecule has 0 saturated heterocycles. The van der Waals surface area contributed by atoms with Crippen molar-refractivity contribution in [1.82, 2.24) is 10.9 Å². The van der Waals surface area contributed by atoms with Crippen LogP contribution in [0.25, 0.3) is 0 Å². The lowest BCUT2D eigenvalue weighted by atomic mass is 9.99. The standard InChI is InChI=1S/C14H22N2O3/c1-9-6-10(2)12(14(18-5)11(9)3)7-19-8-13(17)16-15-4/h6,15H,7-8H2,1-5H3,(H,16,17). The topological polar surface area (TPSA) is 59.6 Å². The molecule has 2 N–H and O–H groups in total. The first-order valence-electron chi connectivity index (χ1n) is 6.18. The van der Waals surface area contributed by atoms with Crippen molar-refractivity contribution < 1.29 is 14.3 Å². The zero-order chi connectivity index (χ0) is 14.4. The number of hydrogen-bond donors (Lipinski definition) is 2. The zero-order valence-electron chi connectivity index (χ0n) is 12.2. The Morgan fingerprint density at radius 2 is 1.95 bits per heavy atom. The number of hydrazine groups is 1. The van der Waals surface area contributed by atoms with Gasteiger partial charge in [-0.25, -0.2) is 5.43 Å². The quantitative estimate of drug-likeness (QED) is 0.764. The van der Waals surface area contributed by atoms with Gasteiger partial charge >= 0.3 is 0 Å². The molecule has 0 fully saturated rings. The highest BCUT2D eigenvalue weighted by molar-refractivity contribution is 5.76. The normalized spacial score (nSPS) is 10.4. The third kappa shape index (κ3) is 3.94. The van der Waals surface area contributed by atoms with E-state index in [4.69, 9.17) is 9.47 Å². The molecule has 0 aliphatic carbocycles. The van der Waals surface area contributed by atoms with E-state index in [9.17, 15) is 4.79 Å². The Morgan fingerprint density at radius 1 is 1.26 bits per heavy atom. The summed E-state index contributed by atoms with van der Waals surface area (Å²) in [6.07, 6.45) is 0. The summed E-state index contributed by atoms with van der Waals surface area (Å²) in [6.45, 7) is 6.45. The van der Waals surface area contributed by atoms with Gasteiger partial charge in [-0.15, -0.1) is 0 Å². The van der Waals surface area contributed by atoms with Crippen LogP contribution in [0.15, 0.2) is 6.07 Å². The van der Waals surface area contributed by atoms with Gasteiger partial charge in [0.05, 0.1) is 13.7 Å². The summed E-state index contributed by atoms with van der Waals surface area (Å²) in [5.74, 6) is 0.634. The predicted molar refractivity (Wildman–Crippen MR) is 74.1 cm³/mol. The SMILES string of the molecule is CNNC(=O)COCc1c(C)cc(C)c(C)c1OC. The van der Waals surface area contributed by atoms with Gasteiger partial charge in [0.2, 0.25) is 0 Å². The number of aryl methyl sites for hydroxylation is 2. The first-order chi connectivity index (χ1) is 9.01. The van der Waals surface area contributed by atoms with Crippen LogP contribution in [0.4, 0.5) is 0 Å².